The smallest absolute Gasteiger partial charge is 0.251 e. The molecule has 4 rings (SSSR count). The molecule has 37 heavy (non-hydrogen) atoms. The van der Waals surface area contributed by atoms with E-state index in [4.69, 9.17) is 14.5 Å². The van der Waals surface area contributed by atoms with E-state index in [-0.39, 0.29) is 17.9 Å². The van der Waals surface area contributed by atoms with Gasteiger partial charge in [-0.1, -0.05) is 12.8 Å². The minimum absolute atomic E-state index is 0.0499. The molecule has 1 fully saturated rings. The third kappa shape index (κ3) is 5.64. The number of hydrogen-bond donors (Lipinski definition) is 2. The van der Waals surface area contributed by atoms with Crippen molar-refractivity contribution in [2.45, 2.75) is 58.5 Å². The lowest BCUT2D eigenvalue weighted by Crippen LogP contribution is -2.45. The van der Waals surface area contributed by atoms with Crippen LogP contribution in [0.25, 0.3) is 0 Å². The molecule has 0 bridgehead atoms. The number of carbonyl (C=O) groups is 2. The predicted molar refractivity (Wildman–Crippen MR) is 144 cm³/mol. The highest BCUT2D eigenvalue weighted by molar-refractivity contribution is 6.01. The highest BCUT2D eigenvalue weighted by Gasteiger charge is 2.41. The fourth-order valence-electron chi connectivity index (χ4n) is 5.18. The molecule has 1 aliphatic carbocycles. The van der Waals surface area contributed by atoms with Gasteiger partial charge in [0.05, 0.1) is 31.0 Å². The lowest BCUT2D eigenvalue weighted by Gasteiger charge is -2.34. The van der Waals surface area contributed by atoms with Crippen LogP contribution in [0.1, 0.15) is 56.8 Å². The van der Waals surface area contributed by atoms with Gasteiger partial charge < -0.3 is 29.9 Å². The summed E-state index contributed by atoms with van der Waals surface area (Å²) in [6.07, 6.45) is 6.23. The summed E-state index contributed by atoms with van der Waals surface area (Å²) in [6, 6.07) is 5.40. The highest BCUT2D eigenvalue weighted by Crippen LogP contribution is 2.40. The van der Waals surface area contributed by atoms with Gasteiger partial charge in [-0.2, -0.15) is 4.98 Å². The fourth-order valence-corrected chi connectivity index (χ4v) is 5.18. The molecule has 2 aromatic rings. The van der Waals surface area contributed by atoms with Crippen LogP contribution in [-0.2, 0) is 9.53 Å². The normalized spacial score (nSPS) is 18.3. The van der Waals surface area contributed by atoms with Gasteiger partial charge in [0.15, 0.2) is 5.82 Å². The molecule has 1 aromatic carbocycles. The summed E-state index contributed by atoms with van der Waals surface area (Å²) < 4.78 is 10.7. The number of carbonyl (C=O) groups excluding carboxylic acids is 2. The quantitative estimate of drug-likeness (QED) is 0.553. The third-order valence-electron chi connectivity index (χ3n) is 7.10. The molecule has 10 nitrogen and oxygen atoms in total. The molecule has 0 spiro atoms. The number of nitrogens with zero attached hydrogens (tertiary/aromatic N) is 4. The minimum atomic E-state index is -0.550. The number of fused-ring (bicyclic) bond motifs is 1. The maximum absolute atomic E-state index is 13.2. The van der Waals surface area contributed by atoms with E-state index >= 15 is 0 Å². The molecule has 1 aliphatic heterocycles. The van der Waals surface area contributed by atoms with Crippen LogP contribution in [0.2, 0.25) is 0 Å². The number of methoxy groups -OCH3 is 2. The molecule has 10 heteroatoms. The number of anilines is 4. The molecule has 1 atom stereocenters. The number of amides is 2. The fraction of sp³-hybridized carbons (Fsp3) is 0.556. The predicted octanol–water partition coefficient (Wildman–Crippen LogP) is 3.75. The number of nitrogens with one attached hydrogen (secondary N) is 2. The van der Waals surface area contributed by atoms with Crippen LogP contribution in [0.4, 0.5) is 23.1 Å². The van der Waals surface area contributed by atoms with Gasteiger partial charge in [0, 0.05) is 38.3 Å². The molecular formula is C27H38N6O4. The summed E-state index contributed by atoms with van der Waals surface area (Å²) >= 11 is 0. The van der Waals surface area contributed by atoms with E-state index in [1.807, 2.05) is 20.8 Å². The summed E-state index contributed by atoms with van der Waals surface area (Å²) in [7, 11) is 4.94. The molecule has 0 radical (unpaired) electrons. The van der Waals surface area contributed by atoms with Crippen molar-refractivity contribution in [2.24, 2.45) is 5.41 Å². The number of benzene rings is 1. The van der Waals surface area contributed by atoms with Crippen LogP contribution in [0.15, 0.2) is 24.4 Å². The zero-order valence-corrected chi connectivity index (χ0v) is 22.6. The molecule has 200 valence electrons. The minimum Gasteiger partial charge on any atom is -0.495 e. The summed E-state index contributed by atoms with van der Waals surface area (Å²) in [5, 5.41) is 6.15. The average Bonchev–Trinajstić information content (AvgIpc) is 3.39. The van der Waals surface area contributed by atoms with Gasteiger partial charge in [0.2, 0.25) is 11.9 Å². The first-order valence-electron chi connectivity index (χ1n) is 12.8. The van der Waals surface area contributed by atoms with E-state index in [1.165, 1.54) is 12.8 Å². The molecule has 2 amide bonds. The van der Waals surface area contributed by atoms with Crippen molar-refractivity contribution >= 4 is 35.0 Å². The van der Waals surface area contributed by atoms with Crippen LogP contribution in [-0.4, -0.2) is 68.3 Å². The van der Waals surface area contributed by atoms with Crippen molar-refractivity contribution in [1.82, 2.24) is 15.3 Å². The van der Waals surface area contributed by atoms with Crippen LogP contribution in [0.5, 0.6) is 5.75 Å². The average molecular weight is 511 g/mol. The zero-order chi connectivity index (χ0) is 26.7. The van der Waals surface area contributed by atoms with Gasteiger partial charge in [0.25, 0.3) is 5.91 Å². The van der Waals surface area contributed by atoms with Crippen molar-refractivity contribution < 1.29 is 19.1 Å². The Hall–Kier alpha value is -3.40. The lowest BCUT2D eigenvalue weighted by atomic mass is 9.91. The monoisotopic (exact) mass is 510 g/mol. The Bertz CT molecular complexity index is 1150. The second-order valence-corrected chi connectivity index (χ2v) is 10.6. The van der Waals surface area contributed by atoms with Crippen LogP contribution >= 0.6 is 0 Å². The number of rotatable bonds is 8. The Morgan fingerprint density at radius 3 is 2.65 bits per heavy atom. The van der Waals surface area contributed by atoms with Gasteiger partial charge >= 0.3 is 0 Å². The van der Waals surface area contributed by atoms with E-state index in [9.17, 15) is 9.59 Å². The second kappa shape index (κ2) is 10.9. The lowest BCUT2D eigenvalue weighted by molar-refractivity contribution is -0.125. The van der Waals surface area contributed by atoms with Crippen LogP contribution in [0, 0.1) is 5.41 Å². The van der Waals surface area contributed by atoms with E-state index < -0.39 is 5.41 Å². The Morgan fingerprint density at radius 1 is 1.24 bits per heavy atom. The van der Waals surface area contributed by atoms with Crippen molar-refractivity contribution in [1.29, 1.82) is 0 Å². The number of aromatic nitrogens is 2. The maximum Gasteiger partial charge on any atom is 0.251 e. The Morgan fingerprint density at radius 2 is 1.97 bits per heavy atom. The van der Waals surface area contributed by atoms with E-state index in [0.29, 0.717) is 47.8 Å². The van der Waals surface area contributed by atoms with Crippen molar-refractivity contribution in [3.05, 3.63) is 30.0 Å². The van der Waals surface area contributed by atoms with Crippen LogP contribution in [0.3, 0.4) is 0 Å². The van der Waals surface area contributed by atoms with Crippen molar-refractivity contribution in [2.75, 3.05) is 49.5 Å². The first-order valence-corrected chi connectivity index (χ1v) is 12.8. The molecule has 1 saturated carbocycles. The maximum atomic E-state index is 13.2. The summed E-state index contributed by atoms with van der Waals surface area (Å²) in [5.41, 5.74) is 1.27. The summed E-state index contributed by atoms with van der Waals surface area (Å²) in [4.78, 5) is 39.2. The highest BCUT2D eigenvalue weighted by atomic mass is 16.5. The van der Waals surface area contributed by atoms with E-state index in [2.05, 4.69) is 20.5 Å². The van der Waals surface area contributed by atoms with Gasteiger partial charge in [0.1, 0.15) is 11.4 Å². The molecule has 2 aliphatic rings. The Kier molecular flexibility index (Phi) is 7.87. The summed E-state index contributed by atoms with van der Waals surface area (Å²) in [6.45, 7) is 6.88. The van der Waals surface area contributed by atoms with Gasteiger partial charge in [-0.15, -0.1) is 0 Å². The standard InChI is InChI=1S/C27H38N6O4/c1-17(15-36-5)29-24(34)18-11-12-20(22(13-18)37-6)30-26-28-14-21-23(31-26)33(19-9-7-8-10-19)16-27(2,3)25(35)32(21)4/h11-14,17,19H,7-10,15-16H2,1-6H3,(H,29,34)(H,28,30,31)/t17-/m0/s1. The molecule has 1 aromatic heterocycles. The number of hydrogen-bond acceptors (Lipinski definition) is 8. The van der Waals surface area contributed by atoms with Gasteiger partial charge in [-0.25, -0.2) is 4.98 Å². The SMILES string of the molecule is COC[C@H](C)NC(=O)c1ccc(Nc2ncc3c(n2)N(C2CCCC2)CC(C)(C)C(=O)N3C)c(OC)c1. The van der Waals surface area contributed by atoms with Crippen molar-refractivity contribution in [3.63, 3.8) is 0 Å². The van der Waals surface area contributed by atoms with E-state index in [0.717, 1.165) is 18.7 Å². The molecule has 0 saturated heterocycles. The van der Waals surface area contributed by atoms with Gasteiger partial charge in [-0.3, -0.25) is 9.59 Å². The third-order valence-corrected chi connectivity index (χ3v) is 7.10. The van der Waals surface area contributed by atoms with Crippen LogP contribution < -0.4 is 25.2 Å². The second-order valence-electron chi connectivity index (χ2n) is 10.6. The first-order chi connectivity index (χ1) is 17.6. The zero-order valence-electron chi connectivity index (χ0n) is 22.6. The van der Waals surface area contributed by atoms with Crippen molar-refractivity contribution in [3.8, 4) is 5.75 Å². The molecule has 2 heterocycles. The Balaban J connectivity index is 1.63. The van der Waals surface area contributed by atoms with Gasteiger partial charge in [-0.05, 0) is 51.8 Å². The molecule has 2 N–H and O–H groups in total. The van der Waals surface area contributed by atoms with E-state index in [1.54, 1.807) is 50.6 Å². The first kappa shape index (κ1) is 26.7. The number of ether oxygens (including phenoxy) is 2. The largest absolute Gasteiger partial charge is 0.495 e. The molecule has 0 unspecified atom stereocenters. The topological polar surface area (TPSA) is 109 Å². The Labute approximate surface area is 218 Å². The summed E-state index contributed by atoms with van der Waals surface area (Å²) in [5.74, 6) is 1.48. The molecular weight excluding hydrogens is 472 g/mol.